The van der Waals surface area contributed by atoms with Crippen LogP contribution in [0.15, 0.2) is 63.9 Å². The van der Waals surface area contributed by atoms with Gasteiger partial charge in [0.15, 0.2) is 5.76 Å². The molecule has 2 heterocycles. The van der Waals surface area contributed by atoms with Crippen LogP contribution in [0.25, 0.3) is 33.4 Å². The van der Waals surface area contributed by atoms with Gasteiger partial charge in [0.25, 0.3) is 5.56 Å². The van der Waals surface area contributed by atoms with Gasteiger partial charge >= 0.3 is 0 Å². The number of hydrogen-bond donors (Lipinski definition) is 2. The van der Waals surface area contributed by atoms with E-state index in [4.69, 9.17) is 16.1 Å². The summed E-state index contributed by atoms with van der Waals surface area (Å²) in [4.78, 5) is 16.0. The van der Waals surface area contributed by atoms with Crippen LogP contribution in [0, 0.1) is 0 Å². The number of hydrogen-bond acceptors (Lipinski definition) is 4. The molecule has 0 amide bonds. The van der Waals surface area contributed by atoms with Crippen molar-refractivity contribution in [2.24, 2.45) is 0 Å². The van der Waals surface area contributed by atoms with Crippen LogP contribution in [0.1, 0.15) is 32.4 Å². The topological polar surface area (TPSA) is 70.9 Å². The van der Waals surface area contributed by atoms with Crippen LogP contribution in [0.2, 0.25) is 5.02 Å². The smallest absolute Gasteiger partial charge is 0.260 e. The van der Waals surface area contributed by atoms with Gasteiger partial charge in [-0.15, -0.1) is 0 Å². The molecule has 5 nitrogen and oxygen atoms in total. The highest BCUT2D eigenvalue weighted by Gasteiger charge is 2.20. The average molecular weight is 422 g/mol. The van der Waals surface area contributed by atoms with Gasteiger partial charge in [0, 0.05) is 40.1 Å². The Bertz CT molecular complexity index is 1210. The van der Waals surface area contributed by atoms with E-state index in [1.807, 2.05) is 48.5 Å². The Balaban J connectivity index is 1.85. The van der Waals surface area contributed by atoms with Crippen LogP contribution >= 0.6 is 11.6 Å². The molecule has 0 saturated carbocycles. The van der Waals surface area contributed by atoms with Gasteiger partial charge < -0.3 is 14.8 Å². The zero-order valence-electron chi connectivity index (χ0n) is 17.0. The SMILES string of the molecule is CCC(CC)NCc1cc(-c2c(-c3ccccc3)c3cc(Cl)ccc3[nH]c2=O)on1. The van der Waals surface area contributed by atoms with Gasteiger partial charge in [-0.2, -0.15) is 0 Å². The Morgan fingerprint density at radius 3 is 2.57 bits per heavy atom. The van der Waals surface area contributed by atoms with Gasteiger partial charge in [-0.25, -0.2) is 0 Å². The molecule has 30 heavy (non-hydrogen) atoms. The molecule has 2 N–H and O–H groups in total. The van der Waals surface area contributed by atoms with E-state index in [1.54, 1.807) is 6.07 Å². The summed E-state index contributed by atoms with van der Waals surface area (Å²) < 4.78 is 5.63. The summed E-state index contributed by atoms with van der Waals surface area (Å²) in [5.74, 6) is 0.443. The van der Waals surface area contributed by atoms with Crippen molar-refractivity contribution in [1.29, 1.82) is 0 Å². The average Bonchev–Trinajstić information content (AvgIpc) is 3.23. The third-order valence-electron chi connectivity index (χ3n) is 5.40. The Labute approximate surface area is 180 Å². The maximum absolute atomic E-state index is 13.1. The summed E-state index contributed by atoms with van der Waals surface area (Å²) >= 11 is 6.28. The van der Waals surface area contributed by atoms with Gasteiger partial charge in [0.2, 0.25) is 0 Å². The Morgan fingerprint density at radius 2 is 1.83 bits per heavy atom. The van der Waals surface area contributed by atoms with Crippen LogP contribution in [0.5, 0.6) is 0 Å². The van der Waals surface area contributed by atoms with E-state index in [2.05, 4.69) is 29.3 Å². The van der Waals surface area contributed by atoms with Gasteiger partial charge in [-0.3, -0.25) is 4.79 Å². The van der Waals surface area contributed by atoms with Gasteiger partial charge in [-0.05, 0) is 36.6 Å². The number of rotatable bonds is 7. The molecule has 0 aliphatic heterocycles. The van der Waals surface area contributed by atoms with Gasteiger partial charge in [-0.1, -0.05) is 60.9 Å². The van der Waals surface area contributed by atoms with Crippen molar-refractivity contribution in [2.45, 2.75) is 39.3 Å². The molecule has 0 radical (unpaired) electrons. The molecule has 2 aromatic carbocycles. The Kier molecular flexibility index (Phi) is 6.02. The lowest BCUT2D eigenvalue weighted by Crippen LogP contribution is -2.27. The van der Waals surface area contributed by atoms with E-state index < -0.39 is 0 Å². The highest BCUT2D eigenvalue weighted by molar-refractivity contribution is 6.31. The maximum Gasteiger partial charge on any atom is 0.260 e. The van der Waals surface area contributed by atoms with Crippen molar-refractivity contribution in [2.75, 3.05) is 0 Å². The summed E-state index contributed by atoms with van der Waals surface area (Å²) in [7, 11) is 0. The molecule has 0 atom stereocenters. The van der Waals surface area contributed by atoms with Crippen LogP contribution < -0.4 is 10.9 Å². The summed E-state index contributed by atoms with van der Waals surface area (Å²) in [6, 6.07) is 17.5. The Hall–Kier alpha value is -2.89. The first kappa shape index (κ1) is 20.4. The Morgan fingerprint density at radius 1 is 1.07 bits per heavy atom. The molecular formula is C24H24ClN3O2. The molecule has 4 rings (SSSR count). The minimum Gasteiger partial charge on any atom is -0.356 e. The van der Waals surface area contributed by atoms with Crippen LogP contribution in [0.4, 0.5) is 0 Å². The maximum atomic E-state index is 13.1. The molecule has 0 spiro atoms. The second kappa shape index (κ2) is 8.86. The fourth-order valence-electron chi connectivity index (χ4n) is 3.74. The highest BCUT2D eigenvalue weighted by atomic mass is 35.5. The highest BCUT2D eigenvalue weighted by Crippen LogP contribution is 2.36. The van der Waals surface area contributed by atoms with Gasteiger partial charge in [0.05, 0.1) is 11.3 Å². The molecule has 4 aromatic rings. The first-order chi connectivity index (χ1) is 14.6. The predicted molar refractivity (Wildman–Crippen MR) is 122 cm³/mol. The zero-order chi connectivity index (χ0) is 21.1. The number of halogens is 1. The molecule has 0 saturated heterocycles. The second-order valence-corrected chi connectivity index (χ2v) is 7.77. The van der Waals surface area contributed by atoms with E-state index >= 15 is 0 Å². The number of aromatic amines is 1. The van der Waals surface area contributed by atoms with E-state index in [0.717, 1.165) is 40.6 Å². The van der Waals surface area contributed by atoms with Crippen molar-refractivity contribution in [3.63, 3.8) is 0 Å². The van der Waals surface area contributed by atoms with Crippen molar-refractivity contribution < 1.29 is 4.52 Å². The van der Waals surface area contributed by atoms with Crippen molar-refractivity contribution >= 4 is 22.5 Å². The lowest BCUT2D eigenvalue weighted by Gasteiger charge is -2.12. The summed E-state index contributed by atoms with van der Waals surface area (Å²) in [6.45, 7) is 4.90. The van der Waals surface area contributed by atoms with Crippen molar-refractivity contribution in [3.05, 3.63) is 75.7 Å². The number of aromatic nitrogens is 2. The second-order valence-electron chi connectivity index (χ2n) is 7.34. The number of fused-ring (bicyclic) bond motifs is 1. The lowest BCUT2D eigenvalue weighted by atomic mass is 9.95. The van der Waals surface area contributed by atoms with E-state index in [1.165, 1.54) is 0 Å². The number of nitrogens with zero attached hydrogens (tertiary/aromatic N) is 1. The standard InChI is InChI=1S/C24H24ClN3O2/c1-3-17(4-2)26-14-18-13-21(30-28-18)23-22(15-8-6-5-7-9-15)19-12-16(25)10-11-20(19)27-24(23)29/h5-13,17,26H,3-4,14H2,1-2H3,(H,27,29). The molecule has 0 fully saturated rings. The van der Waals surface area contributed by atoms with Crippen molar-refractivity contribution in [1.82, 2.24) is 15.5 Å². The largest absolute Gasteiger partial charge is 0.356 e. The quantitative estimate of drug-likeness (QED) is 0.396. The summed E-state index contributed by atoms with van der Waals surface area (Å²) in [5, 5.41) is 9.12. The molecule has 0 bridgehead atoms. The predicted octanol–water partition coefficient (Wildman–Crippen LogP) is 5.78. The van der Waals surface area contributed by atoms with E-state index in [-0.39, 0.29) is 5.56 Å². The first-order valence-corrected chi connectivity index (χ1v) is 10.6. The lowest BCUT2D eigenvalue weighted by molar-refractivity contribution is 0.411. The third-order valence-corrected chi connectivity index (χ3v) is 5.64. The molecule has 0 aliphatic carbocycles. The first-order valence-electron chi connectivity index (χ1n) is 10.2. The fourth-order valence-corrected chi connectivity index (χ4v) is 3.92. The summed E-state index contributed by atoms with van der Waals surface area (Å²) in [6.07, 6.45) is 2.09. The number of H-pyrrole nitrogens is 1. The van der Waals surface area contributed by atoms with Crippen LogP contribution in [-0.2, 0) is 6.54 Å². The van der Waals surface area contributed by atoms with Crippen molar-refractivity contribution in [3.8, 4) is 22.5 Å². The normalized spacial score (nSPS) is 11.5. The molecule has 154 valence electrons. The monoisotopic (exact) mass is 421 g/mol. The fraction of sp³-hybridized carbons (Fsp3) is 0.250. The van der Waals surface area contributed by atoms with E-state index in [9.17, 15) is 4.79 Å². The number of benzene rings is 2. The zero-order valence-corrected chi connectivity index (χ0v) is 17.8. The minimum atomic E-state index is -0.223. The number of nitrogens with one attached hydrogen (secondary N) is 2. The van der Waals surface area contributed by atoms with E-state index in [0.29, 0.717) is 28.9 Å². The summed E-state index contributed by atoms with van der Waals surface area (Å²) in [5.41, 5.74) is 3.42. The minimum absolute atomic E-state index is 0.223. The molecule has 0 aliphatic rings. The third kappa shape index (κ3) is 4.04. The van der Waals surface area contributed by atoms with Gasteiger partial charge in [0.1, 0.15) is 0 Å². The molecular weight excluding hydrogens is 398 g/mol. The van der Waals surface area contributed by atoms with Crippen LogP contribution in [0.3, 0.4) is 0 Å². The van der Waals surface area contributed by atoms with Crippen LogP contribution in [-0.4, -0.2) is 16.2 Å². The molecule has 2 aromatic heterocycles. The molecule has 6 heteroatoms. The number of pyridine rings is 1. The molecule has 0 unspecified atom stereocenters.